The van der Waals surface area contributed by atoms with Crippen LogP contribution in [0.5, 0.6) is 0 Å². The molecule has 2 aromatic rings. The van der Waals surface area contributed by atoms with Crippen LogP contribution in [0.1, 0.15) is 0 Å². The summed E-state index contributed by atoms with van der Waals surface area (Å²) in [7, 11) is -1.50. The third-order valence-electron chi connectivity index (χ3n) is 3.75. The van der Waals surface area contributed by atoms with Gasteiger partial charge in [0.2, 0.25) is 0 Å². The molecule has 0 saturated carbocycles. The van der Waals surface area contributed by atoms with Crippen molar-refractivity contribution in [3.05, 3.63) is 72.8 Å². The Hall–Kier alpha value is -1.60. The van der Waals surface area contributed by atoms with Gasteiger partial charge in [-0.25, -0.2) is 0 Å². The molecule has 0 nitrogen and oxygen atoms in total. The third kappa shape index (κ3) is 1.77. The maximum absolute atomic E-state index is 2.37. The maximum atomic E-state index is 2.37. The molecular formula is C16H16Si. The normalized spacial score (nSPS) is 17.2. The minimum Gasteiger partial charge on any atom is -0.0908 e. The second-order valence-electron chi connectivity index (χ2n) is 4.69. The highest BCUT2D eigenvalue weighted by atomic mass is 28.3. The molecule has 2 aromatic carbocycles. The second kappa shape index (κ2) is 4.34. The molecule has 0 spiro atoms. The first-order chi connectivity index (χ1) is 8.42. The molecule has 0 aromatic heterocycles. The lowest BCUT2D eigenvalue weighted by Gasteiger charge is -2.28. The largest absolute Gasteiger partial charge is 0.125 e. The van der Waals surface area contributed by atoms with Crippen molar-refractivity contribution in [1.82, 2.24) is 0 Å². The summed E-state index contributed by atoms with van der Waals surface area (Å²) in [5.41, 5.74) is 0. The van der Waals surface area contributed by atoms with Crippen molar-refractivity contribution in [2.45, 2.75) is 12.1 Å². The molecule has 0 saturated heterocycles. The Labute approximate surface area is 104 Å². The highest BCUT2D eigenvalue weighted by Crippen LogP contribution is 2.23. The zero-order valence-electron chi connectivity index (χ0n) is 9.84. The smallest absolute Gasteiger partial charge is 0.0908 e. The Bertz CT molecular complexity index is 464. The van der Waals surface area contributed by atoms with Gasteiger partial charge in [-0.15, -0.1) is 0 Å². The molecule has 0 aliphatic carbocycles. The molecule has 3 rings (SSSR count). The van der Waals surface area contributed by atoms with Gasteiger partial charge in [-0.05, 0) is 12.1 Å². The number of rotatable bonds is 2. The lowest BCUT2D eigenvalue weighted by atomic mass is 10.4. The van der Waals surface area contributed by atoms with E-state index in [-0.39, 0.29) is 0 Å². The summed E-state index contributed by atoms with van der Waals surface area (Å²) in [4.78, 5) is 0. The topological polar surface area (TPSA) is 0 Å². The Kier molecular flexibility index (Phi) is 2.69. The first kappa shape index (κ1) is 10.5. The van der Waals surface area contributed by atoms with Crippen molar-refractivity contribution in [2.75, 3.05) is 0 Å². The van der Waals surface area contributed by atoms with Crippen LogP contribution in [0, 0.1) is 0 Å². The molecule has 0 amide bonds. The molecule has 0 unspecified atom stereocenters. The molecule has 1 aliphatic heterocycles. The molecule has 0 atom stereocenters. The van der Waals surface area contributed by atoms with E-state index in [0.29, 0.717) is 0 Å². The zero-order chi connectivity index (χ0) is 11.6. The summed E-state index contributed by atoms with van der Waals surface area (Å²) in [5, 5.41) is 3.13. The van der Waals surface area contributed by atoms with Crippen LogP contribution >= 0.6 is 0 Å². The van der Waals surface area contributed by atoms with E-state index in [9.17, 15) is 0 Å². The fourth-order valence-corrected chi connectivity index (χ4v) is 7.05. The van der Waals surface area contributed by atoms with Crippen LogP contribution in [0.2, 0.25) is 12.1 Å². The molecule has 17 heavy (non-hydrogen) atoms. The van der Waals surface area contributed by atoms with E-state index in [1.807, 2.05) is 0 Å². The van der Waals surface area contributed by atoms with E-state index in [4.69, 9.17) is 0 Å². The average molecular weight is 236 g/mol. The van der Waals surface area contributed by atoms with Crippen LogP contribution in [-0.2, 0) is 0 Å². The van der Waals surface area contributed by atoms with Crippen molar-refractivity contribution in [2.24, 2.45) is 0 Å². The van der Waals surface area contributed by atoms with Crippen LogP contribution in [-0.4, -0.2) is 8.07 Å². The Morgan fingerprint density at radius 1 is 0.588 bits per heavy atom. The Morgan fingerprint density at radius 2 is 1.00 bits per heavy atom. The summed E-state index contributed by atoms with van der Waals surface area (Å²) >= 11 is 0. The van der Waals surface area contributed by atoms with Gasteiger partial charge in [-0.2, -0.15) is 0 Å². The zero-order valence-corrected chi connectivity index (χ0v) is 10.8. The number of hydrogen-bond donors (Lipinski definition) is 0. The summed E-state index contributed by atoms with van der Waals surface area (Å²) in [5.74, 6) is 0. The molecular weight excluding hydrogens is 220 g/mol. The molecule has 0 N–H and O–H groups in total. The van der Waals surface area contributed by atoms with Crippen molar-refractivity contribution in [3.8, 4) is 0 Å². The van der Waals surface area contributed by atoms with Crippen molar-refractivity contribution >= 4 is 18.4 Å². The van der Waals surface area contributed by atoms with Crippen LogP contribution < -0.4 is 10.4 Å². The lowest BCUT2D eigenvalue weighted by molar-refractivity contribution is 1.57. The van der Waals surface area contributed by atoms with Gasteiger partial charge in [0.1, 0.15) is 8.07 Å². The first-order valence-electron chi connectivity index (χ1n) is 6.18. The van der Waals surface area contributed by atoms with Crippen molar-refractivity contribution in [3.63, 3.8) is 0 Å². The van der Waals surface area contributed by atoms with E-state index < -0.39 is 8.07 Å². The molecule has 84 valence electrons. The molecule has 0 fully saturated rings. The minimum absolute atomic E-state index is 1.25. The quantitative estimate of drug-likeness (QED) is 0.555. The van der Waals surface area contributed by atoms with Crippen LogP contribution in [0.25, 0.3) is 0 Å². The van der Waals surface area contributed by atoms with Crippen LogP contribution in [0.3, 0.4) is 0 Å². The van der Waals surface area contributed by atoms with E-state index in [1.165, 1.54) is 12.1 Å². The van der Waals surface area contributed by atoms with Crippen molar-refractivity contribution < 1.29 is 0 Å². The predicted octanol–water partition coefficient (Wildman–Crippen LogP) is 2.82. The Balaban J connectivity index is 2.12. The van der Waals surface area contributed by atoms with Crippen LogP contribution in [0.4, 0.5) is 0 Å². The fraction of sp³-hybridized carbons (Fsp3) is 0.125. The van der Waals surface area contributed by atoms with Crippen molar-refractivity contribution in [1.29, 1.82) is 0 Å². The van der Waals surface area contributed by atoms with Gasteiger partial charge in [0.05, 0.1) is 0 Å². The van der Waals surface area contributed by atoms with Gasteiger partial charge in [-0.3, -0.25) is 0 Å². The molecule has 1 aliphatic rings. The molecule has 0 radical (unpaired) electrons. The molecule has 1 heterocycles. The monoisotopic (exact) mass is 236 g/mol. The maximum Gasteiger partial charge on any atom is 0.125 e. The van der Waals surface area contributed by atoms with E-state index in [2.05, 4.69) is 72.8 Å². The van der Waals surface area contributed by atoms with Gasteiger partial charge >= 0.3 is 0 Å². The molecule has 1 heteroatoms. The van der Waals surface area contributed by atoms with E-state index in [1.54, 1.807) is 10.4 Å². The lowest BCUT2D eigenvalue weighted by Crippen LogP contribution is -2.56. The molecule has 0 bridgehead atoms. The van der Waals surface area contributed by atoms with Gasteiger partial charge < -0.3 is 0 Å². The number of benzene rings is 2. The SMILES string of the molecule is C1=CC[Si](c2ccccc2)(c2ccccc2)C1. The summed E-state index contributed by atoms with van der Waals surface area (Å²) in [6.07, 6.45) is 4.73. The van der Waals surface area contributed by atoms with Gasteiger partial charge in [0.25, 0.3) is 0 Å². The summed E-state index contributed by atoms with van der Waals surface area (Å²) < 4.78 is 0. The standard InChI is InChI=1S/C16H16Si/c1-3-9-15(10-4-1)17(13-7-8-14-17)16-11-5-2-6-12-16/h1-12H,13-14H2. The second-order valence-corrected chi connectivity index (χ2v) is 8.83. The van der Waals surface area contributed by atoms with Gasteiger partial charge in [0.15, 0.2) is 0 Å². The number of hydrogen-bond acceptors (Lipinski definition) is 0. The van der Waals surface area contributed by atoms with Crippen LogP contribution in [0.15, 0.2) is 72.8 Å². The third-order valence-corrected chi connectivity index (χ3v) is 8.49. The number of allylic oxidation sites excluding steroid dienone is 2. The summed E-state index contributed by atoms with van der Waals surface area (Å²) in [6, 6.07) is 24.7. The predicted molar refractivity (Wildman–Crippen MR) is 76.7 cm³/mol. The average Bonchev–Trinajstić information content (AvgIpc) is 2.91. The Morgan fingerprint density at radius 3 is 1.41 bits per heavy atom. The van der Waals surface area contributed by atoms with Gasteiger partial charge in [-0.1, -0.05) is 83.2 Å². The highest BCUT2D eigenvalue weighted by molar-refractivity contribution is 7.03. The van der Waals surface area contributed by atoms with E-state index in [0.717, 1.165) is 0 Å². The highest BCUT2D eigenvalue weighted by Gasteiger charge is 2.37. The fourth-order valence-electron chi connectivity index (χ4n) is 2.80. The summed E-state index contributed by atoms with van der Waals surface area (Å²) in [6.45, 7) is 0. The minimum atomic E-state index is -1.50. The van der Waals surface area contributed by atoms with Gasteiger partial charge in [0, 0.05) is 0 Å². The first-order valence-corrected chi connectivity index (χ1v) is 8.59. The van der Waals surface area contributed by atoms with E-state index >= 15 is 0 Å².